The minimum Gasteiger partial charge on any atom is -0.350 e. The van der Waals surface area contributed by atoms with Crippen LogP contribution in [0.15, 0.2) is 22.7 Å². The summed E-state index contributed by atoms with van der Waals surface area (Å²) in [6.45, 7) is 3.83. The fraction of sp³-hybridized carbons (Fsp3) is 0.500. The number of nitrogens with one attached hydrogen (secondary N) is 1. The number of likely N-dealkylation sites (N-methyl/N-ethyl adjacent to an activating group) is 1. The average Bonchev–Trinajstić information content (AvgIpc) is 2.75. The van der Waals surface area contributed by atoms with Crippen molar-refractivity contribution < 1.29 is 4.79 Å². The summed E-state index contributed by atoms with van der Waals surface area (Å²) in [7, 11) is 2.12. The molecule has 0 bridgehead atoms. The molecule has 1 fully saturated rings. The fourth-order valence-electron chi connectivity index (χ4n) is 2.40. The van der Waals surface area contributed by atoms with Gasteiger partial charge in [0.15, 0.2) is 0 Å². The van der Waals surface area contributed by atoms with E-state index in [2.05, 4.69) is 33.2 Å². The lowest BCUT2D eigenvalue weighted by Crippen LogP contribution is -2.38. The molecule has 0 aromatic heterocycles. The molecule has 1 N–H and O–H groups in total. The molecule has 18 heavy (non-hydrogen) atoms. The maximum Gasteiger partial charge on any atom is 0.251 e. The third kappa shape index (κ3) is 2.93. The molecule has 2 rings (SSSR count). The predicted molar refractivity (Wildman–Crippen MR) is 76.9 cm³/mol. The van der Waals surface area contributed by atoms with Crippen molar-refractivity contribution in [3.8, 4) is 0 Å². The van der Waals surface area contributed by atoms with Gasteiger partial charge in [-0.25, -0.2) is 0 Å². The van der Waals surface area contributed by atoms with Crippen molar-refractivity contribution in [2.75, 3.05) is 20.1 Å². The first kappa shape index (κ1) is 13.6. The van der Waals surface area contributed by atoms with Crippen LogP contribution in [0.25, 0.3) is 0 Å². The number of carbonyl (C=O) groups is 1. The number of rotatable bonds is 3. The lowest BCUT2D eigenvalue weighted by molar-refractivity contribution is 0.0943. The number of benzene rings is 1. The van der Waals surface area contributed by atoms with Gasteiger partial charge in [0.1, 0.15) is 0 Å². The van der Waals surface area contributed by atoms with E-state index in [1.54, 1.807) is 0 Å². The molecule has 1 aromatic rings. The average molecular weight is 311 g/mol. The quantitative estimate of drug-likeness (QED) is 0.930. The minimum absolute atomic E-state index is 0.0223. The highest BCUT2D eigenvalue weighted by molar-refractivity contribution is 9.10. The summed E-state index contributed by atoms with van der Waals surface area (Å²) in [6.07, 6.45) is 2.40. The van der Waals surface area contributed by atoms with Crippen LogP contribution in [0.1, 0.15) is 28.8 Å². The number of nitrogens with zero attached hydrogens (tertiary/aromatic N) is 1. The normalized spacial score (nSPS) is 20.1. The zero-order valence-electron chi connectivity index (χ0n) is 10.9. The number of likely N-dealkylation sites (tertiary alicyclic amines) is 1. The second kappa shape index (κ2) is 5.85. The van der Waals surface area contributed by atoms with Gasteiger partial charge >= 0.3 is 0 Å². The molecule has 0 saturated carbocycles. The molecule has 1 unspecified atom stereocenters. The third-order valence-corrected chi connectivity index (χ3v) is 4.54. The van der Waals surface area contributed by atoms with Crippen molar-refractivity contribution >= 4 is 21.8 Å². The third-order valence-electron chi connectivity index (χ3n) is 3.68. The van der Waals surface area contributed by atoms with Gasteiger partial charge in [0, 0.05) is 22.6 Å². The largest absolute Gasteiger partial charge is 0.350 e. The van der Waals surface area contributed by atoms with Gasteiger partial charge in [0.2, 0.25) is 0 Å². The molecule has 1 atom stereocenters. The number of amides is 1. The van der Waals surface area contributed by atoms with E-state index in [1.165, 1.54) is 12.8 Å². The monoisotopic (exact) mass is 310 g/mol. The minimum atomic E-state index is 0.0223. The van der Waals surface area contributed by atoms with Crippen LogP contribution >= 0.6 is 15.9 Å². The van der Waals surface area contributed by atoms with Gasteiger partial charge in [-0.05, 0) is 51.1 Å². The Labute approximate surface area is 117 Å². The van der Waals surface area contributed by atoms with Gasteiger partial charge in [-0.3, -0.25) is 4.79 Å². The smallest absolute Gasteiger partial charge is 0.251 e. The molecule has 0 radical (unpaired) electrons. The van der Waals surface area contributed by atoms with Crippen LogP contribution in [-0.4, -0.2) is 37.0 Å². The lowest BCUT2D eigenvalue weighted by atomic mass is 10.1. The van der Waals surface area contributed by atoms with E-state index >= 15 is 0 Å². The molecule has 1 aromatic carbocycles. The van der Waals surface area contributed by atoms with Gasteiger partial charge in [-0.1, -0.05) is 22.0 Å². The van der Waals surface area contributed by atoms with Crippen molar-refractivity contribution in [1.82, 2.24) is 10.2 Å². The Morgan fingerprint density at radius 3 is 3.00 bits per heavy atom. The number of carbonyl (C=O) groups excluding carboxylic acids is 1. The molecular formula is C14H19BrN2O. The van der Waals surface area contributed by atoms with Crippen LogP contribution in [0.3, 0.4) is 0 Å². The fourth-order valence-corrected chi connectivity index (χ4v) is 2.76. The summed E-state index contributed by atoms with van der Waals surface area (Å²) in [5, 5.41) is 3.04. The van der Waals surface area contributed by atoms with Crippen LogP contribution in [0.5, 0.6) is 0 Å². The molecule has 1 aliphatic heterocycles. The van der Waals surface area contributed by atoms with Gasteiger partial charge in [-0.15, -0.1) is 0 Å². The first-order chi connectivity index (χ1) is 8.59. The second-order valence-corrected chi connectivity index (χ2v) is 5.75. The molecule has 4 heteroatoms. The zero-order valence-corrected chi connectivity index (χ0v) is 12.5. The highest BCUT2D eigenvalue weighted by atomic mass is 79.9. The van der Waals surface area contributed by atoms with Crippen LogP contribution in [0.2, 0.25) is 0 Å². The second-order valence-electron chi connectivity index (χ2n) is 4.90. The van der Waals surface area contributed by atoms with Crippen LogP contribution < -0.4 is 5.32 Å². The van der Waals surface area contributed by atoms with E-state index in [9.17, 15) is 4.79 Å². The van der Waals surface area contributed by atoms with E-state index < -0.39 is 0 Å². The van der Waals surface area contributed by atoms with Crippen LogP contribution in [0.4, 0.5) is 0 Å². The van der Waals surface area contributed by atoms with Crippen molar-refractivity contribution in [1.29, 1.82) is 0 Å². The number of halogens is 1. The molecule has 98 valence electrons. The summed E-state index contributed by atoms with van der Waals surface area (Å²) in [4.78, 5) is 14.4. The Morgan fingerprint density at radius 2 is 2.33 bits per heavy atom. The SMILES string of the molecule is Cc1c(Br)cccc1C(=O)NCC1CCCN1C. The summed E-state index contributed by atoms with van der Waals surface area (Å²) in [5.74, 6) is 0.0223. The van der Waals surface area contributed by atoms with Gasteiger partial charge < -0.3 is 10.2 Å². The Balaban J connectivity index is 1.97. The van der Waals surface area contributed by atoms with Crippen molar-refractivity contribution in [2.45, 2.75) is 25.8 Å². The summed E-state index contributed by atoms with van der Waals surface area (Å²) in [6, 6.07) is 6.21. The van der Waals surface area contributed by atoms with Crippen LogP contribution in [0, 0.1) is 6.92 Å². The molecule has 3 nitrogen and oxygen atoms in total. The number of hydrogen-bond donors (Lipinski definition) is 1. The molecule has 1 aliphatic rings. The Kier molecular flexibility index (Phi) is 4.40. The topological polar surface area (TPSA) is 32.3 Å². The van der Waals surface area contributed by atoms with E-state index in [1.807, 2.05) is 25.1 Å². The first-order valence-electron chi connectivity index (χ1n) is 6.33. The molecule has 1 saturated heterocycles. The van der Waals surface area contributed by atoms with Gasteiger partial charge in [0.25, 0.3) is 5.91 Å². The van der Waals surface area contributed by atoms with Crippen molar-refractivity contribution in [3.63, 3.8) is 0 Å². The first-order valence-corrected chi connectivity index (χ1v) is 7.12. The van der Waals surface area contributed by atoms with Crippen molar-refractivity contribution in [3.05, 3.63) is 33.8 Å². The Hall–Kier alpha value is -0.870. The molecule has 0 aliphatic carbocycles. The van der Waals surface area contributed by atoms with Crippen LogP contribution in [-0.2, 0) is 0 Å². The summed E-state index contributed by atoms with van der Waals surface area (Å²) in [5.41, 5.74) is 1.75. The lowest BCUT2D eigenvalue weighted by Gasteiger charge is -2.20. The Morgan fingerprint density at radius 1 is 1.56 bits per heavy atom. The van der Waals surface area contributed by atoms with Gasteiger partial charge in [0.05, 0.1) is 0 Å². The molecule has 1 amide bonds. The van der Waals surface area contributed by atoms with E-state index in [0.29, 0.717) is 6.04 Å². The highest BCUT2D eigenvalue weighted by Gasteiger charge is 2.21. The predicted octanol–water partition coefficient (Wildman–Crippen LogP) is 2.58. The van der Waals surface area contributed by atoms with E-state index in [0.717, 1.165) is 28.7 Å². The zero-order chi connectivity index (χ0) is 13.1. The molecule has 0 spiro atoms. The summed E-state index contributed by atoms with van der Waals surface area (Å²) < 4.78 is 0.980. The standard InChI is InChI=1S/C14H19BrN2O/c1-10-12(6-3-7-13(10)15)14(18)16-9-11-5-4-8-17(11)2/h3,6-7,11H,4-5,8-9H2,1-2H3,(H,16,18). The highest BCUT2D eigenvalue weighted by Crippen LogP contribution is 2.19. The maximum atomic E-state index is 12.1. The maximum absolute atomic E-state index is 12.1. The number of hydrogen-bond acceptors (Lipinski definition) is 2. The van der Waals surface area contributed by atoms with E-state index in [-0.39, 0.29) is 5.91 Å². The molecule has 1 heterocycles. The van der Waals surface area contributed by atoms with E-state index in [4.69, 9.17) is 0 Å². The van der Waals surface area contributed by atoms with Crippen molar-refractivity contribution in [2.24, 2.45) is 0 Å². The van der Waals surface area contributed by atoms with Gasteiger partial charge in [-0.2, -0.15) is 0 Å². The Bertz CT molecular complexity index is 447. The molecular weight excluding hydrogens is 292 g/mol. The summed E-state index contributed by atoms with van der Waals surface area (Å²) >= 11 is 3.45.